The third kappa shape index (κ3) is 6.39. The molecule has 1 aliphatic heterocycles. The number of nitrogens with zero attached hydrogens (tertiary/aromatic N) is 1. The molecule has 6 heteroatoms. The quantitative estimate of drug-likeness (QED) is 0.528. The molecule has 6 nitrogen and oxygen atoms in total. The van der Waals surface area contributed by atoms with Gasteiger partial charge in [-0.15, -0.1) is 0 Å². The highest BCUT2D eigenvalue weighted by Gasteiger charge is 2.18. The molecule has 0 spiro atoms. The summed E-state index contributed by atoms with van der Waals surface area (Å²) in [5.74, 6) is 2.53. The smallest absolute Gasteiger partial charge is 0.191 e. The standard InChI is InChI=1S/C23H31N3O3/c1-4-28-20-7-5-6-18(13-20)14-25-23(24-3)26-15-19-9-8-17(2)12-22(19)29-21-10-11-27-16-21/h5-9,12-13,21H,4,10-11,14-16H2,1-3H3,(H2,24,25,26). The second kappa shape index (κ2) is 10.7. The predicted octanol–water partition coefficient (Wildman–Crippen LogP) is 3.43. The van der Waals surface area contributed by atoms with Gasteiger partial charge in [0.15, 0.2) is 5.96 Å². The van der Waals surface area contributed by atoms with Gasteiger partial charge in [-0.2, -0.15) is 0 Å². The van der Waals surface area contributed by atoms with Crippen molar-refractivity contribution < 1.29 is 14.2 Å². The molecule has 2 aromatic rings. The summed E-state index contributed by atoms with van der Waals surface area (Å²) < 4.78 is 17.2. The highest BCUT2D eigenvalue weighted by atomic mass is 16.5. The molecule has 1 saturated heterocycles. The molecule has 1 aliphatic rings. The highest BCUT2D eigenvalue weighted by Crippen LogP contribution is 2.23. The van der Waals surface area contributed by atoms with Crippen molar-refractivity contribution in [1.29, 1.82) is 0 Å². The van der Waals surface area contributed by atoms with E-state index in [0.29, 0.717) is 26.3 Å². The summed E-state index contributed by atoms with van der Waals surface area (Å²) in [5.41, 5.74) is 3.42. The summed E-state index contributed by atoms with van der Waals surface area (Å²) in [6.07, 6.45) is 1.07. The molecule has 1 heterocycles. The van der Waals surface area contributed by atoms with E-state index in [1.165, 1.54) is 5.56 Å². The van der Waals surface area contributed by atoms with Crippen LogP contribution in [0.25, 0.3) is 0 Å². The van der Waals surface area contributed by atoms with E-state index in [-0.39, 0.29) is 6.10 Å². The molecular formula is C23H31N3O3. The fraction of sp³-hybridized carbons (Fsp3) is 0.435. The zero-order valence-electron chi connectivity index (χ0n) is 17.5. The lowest BCUT2D eigenvalue weighted by molar-refractivity contribution is 0.140. The van der Waals surface area contributed by atoms with Gasteiger partial charge < -0.3 is 24.8 Å². The number of hydrogen-bond acceptors (Lipinski definition) is 4. The van der Waals surface area contributed by atoms with Crippen LogP contribution in [0.5, 0.6) is 11.5 Å². The van der Waals surface area contributed by atoms with Crippen molar-refractivity contribution in [2.24, 2.45) is 4.99 Å². The molecule has 156 valence electrons. The van der Waals surface area contributed by atoms with Crippen LogP contribution in [-0.2, 0) is 17.8 Å². The van der Waals surface area contributed by atoms with Crippen LogP contribution in [0.4, 0.5) is 0 Å². The van der Waals surface area contributed by atoms with Gasteiger partial charge in [0.1, 0.15) is 17.6 Å². The summed E-state index contributed by atoms with van der Waals surface area (Å²) >= 11 is 0. The van der Waals surface area contributed by atoms with Gasteiger partial charge in [0.05, 0.1) is 19.8 Å². The van der Waals surface area contributed by atoms with E-state index in [9.17, 15) is 0 Å². The van der Waals surface area contributed by atoms with E-state index in [1.807, 2.05) is 25.1 Å². The predicted molar refractivity (Wildman–Crippen MR) is 116 cm³/mol. The van der Waals surface area contributed by atoms with Crippen LogP contribution in [0.2, 0.25) is 0 Å². The number of hydrogen-bond donors (Lipinski definition) is 2. The molecule has 29 heavy (non-hydrogen) atoms. The average molecular weight is 398 g/mol. The Hall–Kier alpha value is -2.73. The van der Waals surface area contributed by atoms with Crippen LogP contribution in [0, 0.1) is 6.92 Å². The maximum absolute atomic E-state index is 6.18. The van der Waals surface area contributed by atoms with E-state index in [0.717, 1.165) is 41.6 Å². The number of nitrogens with one attached hydrogen (secondary N) is 2. The van der Waals surface area contributed by atoms with Crippen LogP contribution >= 0.6 is 0 Å². The molecule has 0 aromatic heterocycles. The Balaban J connectivity index is 1.57. The topological polar surface area (TPSA) is 64.1 Å². The first-order valence-corrected chi connectivity index (χ1v) is 10.2. The van der Waals surface area contributed by atoms with E-state index in [1.54, 1.807) is 7.05 Å². The van der Waals surface area contributed by atoms with Gasteiger partial charge >= 0.3 is 0 Å². The van der Waals surface area contributed by atoms with Crippen molar-refractivity contribution in [1.82, 2.24) is 10.6 Å². The van der Waals surface area contributed by atoms with Gasteiger partial charge in [-0.1, -0.05) is 24.3 Å². The number of aliphatic imine (C=N–C) groups is 1. The minimum absolute atomic E-state index is 0.130. The molecule has 2 N–H and O–H groups in total. The first kappa shape index (κ1) is 21.0. The second-order valence-electron chi connectivity index (χ2n) is 7.07. The number of benzene rings is 2. The van der Waals surface area contributed by atoms with Gasteiger partial charge in [-0.25, -0.2) is 0 Å². The summed E-state index contributed by atoms with van der Waals surface area (Å²) in [4.78, 5) is 4.33. The Kier molecular flexibility index (Phi) is 7.76. The van der Waals surface area contributed by atoms with E-state index in [2.05, 4.69) is 46.8 Å². The molecule has 1 atom stereocenters. The lowest BCUT2D eigenvalue weighted by Crippen LogP contribution is -2.36. The third-order valence-electron chi connectivity index (χ3n) is 4.74. The van der Waals surface area contributed by atoms with Crippen molar-refractivity contribution >= 4 is 5.96 Å². The first-order valence-electron chi connectivity index (χ1n) is 10.2. The summed E-state index contributed by atoms with van der Waals surface area (Å²) in [5, 5.41) is 6.73. The van der Waals surface area contributed by atoms with Crippen LogP contribution in [0.15, 0.2) is 47.5 Å². The van der Waals surface area contributed by atoms with E-state index < -0.39 is 0 Å². The monoisotopic (exact) mass is 397 g/mol. The molecule has 1 unspecified atom stereocenters. The van der Waals surface area contributed by atoms with Crippen molar-refractivity contribution in [3.05, 3.63) is 59.2 Å². The maximum atomic E-state index is 6.18. The number of aryl methyl sites for hydroxylation is 1. The van der Waals surface area contributed by atoms with Gasteiger partial charge in [0, 0.05) is 32.1 Å². The van der Waals surface area contributed by atoms with Crippen LogP contribution in [0.1, 0.15) is 30.0 Å². The Bertz CT molecular complexity index is 817. The fourth-order valence-electron chi connectivity index (χ4n) is 3.20. The molecule has 0 aliphatic carbocycles. The molecule has 2 aromatic carbocycles. The summed E-state index contributed by atoms with van der Waals surface area (Å²) in [7, 11) is 1.77. The third-order valence-corrected chi connectivity index (χ3v) is 4.74. The minimum atomic E-state index is 0.130. The lowest BCUT2D eigenvalue weighted by atomic mass is 10.1. The second-order valence-corrected chi connectivity index (χ2v) is 7.07. The van der Waals surface area contributed by atoms with Crippen LogP contribution in [-0.4, -0.2) is 38.9 Å². The zero-order chi connectivity index (χ0) is 20.5. The SMILES string of the molecule is CCOc1cccc(CNC(=NC)NCc2ccc(C)cc2OC2CCOC2)c1. The molecular weight excluding hydrogens is 366 g/mol. The molecule has 0 radical (unpaired) electrons. The Morgan fingerprint density at radius 2 is 2.03 bits per heavy atom. The minimum Gasteiger partial charge on any atom is -0.494 e. The summed E-state index contributed by atoms with van der Waals surface area (Å²) in [6.45, 7) is 7.44. The van der Waals surface area contributed by atoms with E-state index in [4.69, 9.17) is 14.2 Å². The Morgan fingerprint density at radius 1 is 1.17 bits per heavy atom. The fourth-order valence-corrected chi connectivity index (χ4v) is 3.20. The van der Waals surface area contributed by atoms with Gasteiger partial charge in [0.25, 0.3) is 0 Å². The Morgan fingerprint density at radius 3 is 2.79 bits per heavy atom. The normalized spacial score (nSPS) is 16.5. The number of guanidine groups is 1. The molecule has 1 fully saturated rings. The van der Waals surface area contributed by atoms with Crippen LogP contribution in [0.3, 0.4) is 0 Å². The van der Waals surface area contributed by atoms with Crippen LogP contribution < -0.4 is 20.1 Å². The van der Waals surface area contributed by atoms with Crippen molar-refractivity contribution in [3.8, 4) is 11.5 Å². The Labute approximate surface area is 173 Å². The molecule has 3 rings (SSSR count). The van der Waals surface area contributed by atoms with Gasteiger partial charge in [0.2, 0.25) is 0 Å². The average Bonchev–Trinajstić information content (AvgIpc) is 3.23. The summed E-state index contributed by atoms with van der Waals surface area (Å²) in [6, 6.07) is 14.4. The van der Waals surface area contributed by atoms with Gasteiger partial charge in [-0.05, 0) is 43.2 Å². The van der Waals surface area contributed by atoms with Crippen molar-refractivity contribution in [2.45, 2.75) is 39.5 Å². The van der Waals surface area contributed by atoms with Gasteiger partial charge in [-0.3, -0.25) is 4.99 Å². The van der Waals surface area contributed by atoms with E-state index >= 15 is 0 Å². The zero-order valence-corrected chi connectivity index (χ0v) is 17.5. The maximum Gasteiger partial charge on any atom is 0.191 e. The molecule has 0 amide bonds. The molecule has 0 saturated carbocycles. The molecule has 0 bridgehead atoms. The van der Waals surface area contributed by atoms with Crippen molar-refractivity contribution in [2.75, 3.05) is 26.9 Å². The number of ether oxygens (including phenoxy) is 3. The largest absolute Gasteiger partial charge is 0.494 e. The lowest BCUT2D eigenvalue weighted by Gasteiger charge is -2.18. The first-order chi connectivity index (χ1) is 14.2. The number of rotatable bonds is 8. The van der Waals surface area contributed by atoms with Crippen molar-refractivity contribution in [3.63, 3.8) is 0 Å². The highest BCUT2D eigenvalue weighted by molar-refractivity contribution is 5.79.